The quantitative estimate of drug-likeness (QED) is 0.373. The minimum absolute atomic E-state index is 0.0914. The Labute approximate surface area is 208 Å². The summed E-state index contributed by atoms with van der Waals surface area (Å²) in [4.78, 5) is 2.31. The number of nitrogens with zero attached hydrogens (tertiary/aromatic N) is 3. The van der Waals surface area contributed by atoms with Crippen LogP contribution in [0, 0.1) is 12.8 Å². The molecule has 0 spiro atoms. The van der Waals surface area contributed by atoms with E-state index in [4.69, 9.17) is 19.3 Å². The summed E-state index contributed by atoms with van der Waals surface area (Å²) in [6.45, 7) is 8.40. The van der Waals surface area contributed by atoms with E-state index in [1.165, 1.54) is 12.8 Å². The second kappa shape index (κ2) is 11.7. The maximum Gasteiger partial charge on any atom is 0.227 e. The molecule has 0 saturated heterocycles. The highest BCUT2D eigenvalue weighted by molar-refractivity contribution is 5.47. The van der Waals surface area contributed by atoms with Gasteiger partial charge in [0, 0.05) is 19.6 Å². The normalized spacial score (nSPS) is 14.5. The van der Waals surface area contributed by atoms with Gasteiger partial charge in [-0.1, -0.05) is 30.3 Å². The Morgan fingerprint density at radius 2 is 1.74 bits per heavy atom. The SMILES string of the molecule is COc1ccccc1Oc1c(CN(CC2CC2)C[C@@H](O)COC(C)C)c(C)nn1-c1ccccc1. The molecule has 7 heteroatoms. The molecule has 1 aliphatic rings. The van der Waals surface area contributed by atoms with Crippen molar-refractivity contribution in [2.24, 2.45) is 5.92 Å². The molecule has 1 aliphatic carbocycles. The van der Waals surface area contributed by atoms with Crippen LogP contribution in [0.15, 0.2) is 54.6 Å². The zero-order valence-corrected chi connectivity index (χ0v) is 21.2. The predicted octanol–water partition coefficient (Wildman–Crippen LogP) is 4.98. The molecule has 1 saturated carbocycles. The highest BCUT2D eigenvalue weighted by Crippen LogP contribution is 2.37. The lowest BCUT2D eigenvalue weighted by Crippen LogP contribution is -2.36. The Morgan fingerprint density at radius 3 is 2.40 bits per heavy atom. The fourth-order valence-electron chi connectivity index (χ4n) is 4.12. The van der Waals surface area contributed by atoms with E-state index in [2.05, 4.69) is 4.90 Å². The number of aryl methyl sites for hydroxylation is 1. The van der Waals surface area contributed by atoms with Gasteiger partial charge in [0.2, 0.25) is 5.88 Å². The summed E-state index contributed by atoms with van der Waals surface area (Å²) in [5.74, 6) is 2.63. The van der Waals surface area contributed by atoms with Crippen LogP contribution in [0.3, 0.4) is 0 Å². The van der Waals surface area contributed by atoms with Crippen molar-refractivity contribution < 1.29 is 19.3 Å². The lowest BCUT2D eigenvalue weighted by atomic mass is 10.2. The van der Waals surface area contributed by atoms with Crippen molar-refractivity contribution in [3.8, 4) is 23.1 Å². The number of methoxy groups -OCH3 is 1. The third-order valence-corrected chi connectivity index (χ3v) is 6.10. The molecule has 1 fully saturated rings. The third-order valence-electron chi connectivity index (χ3n) is 6.10. The molecule has 1 aromatic heterocycles. The monoisotopic (exact) mass is 479 g/mol. The Kier molecular flexibility index (Phi) is 8.44. The second-order valence-electron chi connectivity index (χ2n) is 9.54. The Balaban J connectivity index is 1.66. The number of aliphatic hydroxyl groups excluding tert-OH is 1. The summed E-state index contributed by atoms with van der Waals surface area (Å²) in [6, 6.07) is 17.6. The molecule has 0 amide bonds. The maximum absolute atomic E-state index is 10.7. The molecule has 1 N–H and O–H groups in total. The number of hydrogen-bond donors (Lipinski definition) is 1. The van der Waals surface area contributed by atoms with E-state index < -0.39 is 6.10 Å². The van der Waals surface area contributed by atoms with Gasteiger partial charge in [0.05, 0.1) is 42.9 Å². The molecule has 1 atom stereocenters. The Hall–Kier alpha value is -2.87. The van der Waals surface area contributed by atoms with Gasteiger partial charge in [0.25, 0.3) is 0 Å². The van der Waals surface area contributed by atoms with Gasteiger partial charge in [-0.3, -0.25) is 4.90 Å². The molecule has 0 aliphatic heterocycles. The first-order valence-corrected chi connectivity index (χ1v) is 12.4. The molecule has 4 rings (SSSR count). The van der Waals surface area contributed by atoms with Gasteiger partial charge >= 0.3 is 0 Å². The fraction of sp³-hybridized carbons (Fsp3) is 0.464. The minimum atomic E-state index is -0.556. The lowest BCUT2D eigenvalue weighted by molar-refractivity contribution is -0.0101. The summed E-state index contributed by atoms with van der Waals surface area (Å²) in [5, 5.41) is 15.5. The van der Waals surface area contributed by atoms with Crippen LogP contribution in [0.25, 0.3) is 5.69 Å². The van der Waals surface area contributed by atoms with E-state index in [-0.39, 0.29) is 6.10 Å². The molecule has 7 nitrogen and oxygen atoms in total. The van der Waals surface area contributed by atoms with Crippen LogP contribution in [0.5, 0.6) is 17.4 Å². The zero-order chi connectivity index (χ0) is 24.8. The fourth-order valence-corrected chi connectivity index (χ4v) is 4.12. The Bertz CT molecular complexity index is 1080. The van der Waals surface area contributed by atoms with Crippen molar-refractivity contribution in [2.75, 3.05) is 26.8 Å². The van der Waals surface area contributed by atoms with Crippen LogP contribution in [-0.4, -0.2) is 58.8 Å². The smallest absolute Gasteiger partial charge is 0.227 e. The number of ether oxygens (including phenoxy) is 3. The third kappa shape index (κ3) is 6.84. The average molecular weight is 480 g/mol. The number of aromatic nitrogens is 2. The van der Waals surface area contributed by atoms with Gasteiger partial charge < -0.3 is 19.3 Å². The number of hydrogen-bond acceptors (Lipinski definition) is 6. The van der Waals surface area contributed by atoms with Crippen molar-refractivity contribution in [3.63, 3.8) is 0 Å². The van der Waals surface area contributed by atoms with Crippen LogP contribution >= 0.6 is 0 Å². The van der Waals surface area contributed by atoms with Crippen molar-refractivity contribution >= 4 is 0 Å². The number of rotatable bonds is 13. The summed E-state index contributed by atoms with van der Waals surface area (Å²) < 4.78 is 19.6. The first-order valence-electron chi connectivity index (χ1n) is 12.4. The number of benzene rings is 2. The van der Waals surface area contributed by atoms with Crippen molar-refractivity contribution in [1.29, 1.82) is 0 Å². The minimum Gasteiger partial charge on any atom is -0.493 e. The highest BCUT2D eigenvalue weighted by atomic mass is 16.5. The molecular weight excluding hydrogens is 442 g/mol. The standard InChI is InChI=1S/C28H37N3O4/c1-20(2)34-19-24(32)17-30(16-22-14-15-22)18-25-21(3)29-31(23-10-6-5-7-11-23)28(25)35-27-13-9-8-12-26(27)33-4/h5-13,20,22,24,32H,14-19H2,1-4H3/t24-/m1/s1. The molecular formula is C28H37N3O4. The van der Waals surface area contributed by atoms with E-state index in [0.29, 0.717) is 43.0 Å². The molecule has 0 unspecified atom stereocenters. The van der Waals surface area contributed by atoms with Crippen molar-refractivity contribution in [3.05, 3.63) is 65.9 Å². The van der Waals surface area contributed by atoms with Gasteiger partial charge in [-0.2, -0.15) is 5.10 Å². The molecule has 3 aromatic rings. The van der Waals surface area contributed by atoms with E-state index in [0.717, 1.165) is 23.5 Å². The van der Waals surface area contributed by atoms with Gasteiger partial charge in [-0.25, -0.2) is 4.68 Å². The van der Waals surface area contributed by atoms with Crippen LogP contribution < -0.4 is 9.47 Å². The molecule has 188 valence electrons. The average Bonchev–Trinajstić information content (AvgIpc) is 3.62. The van der Waals surface area contributed by atoms with E-state index in [1.807, 2.05) is 80.1 Å². The highest BCUT2D eigenvalue weighted by Gasteiger charge is 2.28. The van der Waals surface area contributed by atoms with E-state index in [1.54, 1.807) is 7.11 Å². The summed E-state index contributed by atoms with van der Waals surface area (Å²) in [7, 11) is 1.64. The first-order chi connectivity index (χ1) is 16.9. The summed E-state index contributed by atoms with van der Waals surface area (Å²) in [5.41, 5.74) is 2.82. The predicted molar refractivity (Wildman–Crippen MR) is 136 cm³/mol. The van der Waals surface area contributed by atoms with Gasteiger partial charge in [-0.15, -0.1) is 0 Å². The van der Waals surface area contributed by atoms with Crippen molar-refractivity contribution in [1.82, 2.24) is 14.7 Å². The largest absolute Gasteiger partial charge is 0.493 e. The zero-order valence-electron chi connectivity index (χ0n) is 21.2. The van der Waals surface area contributed by atoms with E-state index in [9.17, 15) is 5.11 Å². The molecule has 35 heavy (non-hydrogen) atoms. The van der Waals surface area contributed by atoms with Crippen molar-refractivity contribution in [2.45, 2.75) is 52.4 Å². The molecule has 0 bridgehead atoms. The molecule has 0 radical (unpaired) electrons. The van der Waals surface area contributed by atoms with Crippen LogP contribution in [0.2, 0.25) is 0 Å². The van der Waals surface area contributed by atoms with Crippen LogP contribution in [0.1, 0.15) is 37.9 Å². The molecule has 2 aromatic carbocycles. The van der Waals surface area contributed by atoms with E-state index >= 15 is 0 Å². The van der Waals surface area contributed by atoms with Gasteiger partial charge in [0.15, 0.2) is 11.5 Å². The summed E-state index contributed by atoms with van der Waals surface area (Å²) >= 11 is 0. The van der Waals surface area contributed by atoms with Crippen LogP contribution in [-0.2, 0) is 11.3 Å². The maximum atomic E-state index is 10.7. The van der Waals surface area contributed by atoms with Gasteiger partial charge in [0.1, 0.15) is 0 Å². The first kappa shape index (κ1) is 25.2. The Morgan fingerprint density at radius 1 is 1.06 bits per heavy atom. The molecule has 1 heterocycles. The second-order valence-corrected chi connectivity index (χ2v) is 9.54. The summed E-state index contributed by atoms with van der Waals surface area (Å²) in [6.07, 6.45) is 2.01. The number of aliphatic hydroxyl groups is 1. The topological polar surface area (TPSA) is 69.0 Å². The number of para-hydroxylation sites is 3. The lowest BCUT2D eigenvalue weighted by Gasteiger charge is -2.26. The van der Waals surface area contributed by atoms with Crippen LogP contribution in [0.4, 0.5) is 0 Å². The van der Waals surface area contributed by atoms with Gasteiger partial charge in [-0.05, 0) is 63.8 Å².